The Balaban J connectivity index is 2.15. The van der Waals surface area contributed by atoms with Crippen LogP contribution in [0.15, 0.2) is 18.2 Å². The number of alkyl halides is 6. The van der Waals surface area contributed by atoms with Crippen LogP contribution in [0.2, 0.25) is 5.02 Å². The van der Waals surface area contributed by atoms with Crippen molar-refractivity contribution >= 4 is 69.6 Å². The van der Waals surface area contributed by atoms with E-state index in [1.165, 1.54) is 6.07 Å². The van der Waals surface area contributed by atoms with E-state index in [0.717, 1.165) is 4.90 Å². The molecule has 1 N–H and O–H groups in total. The van der Waals surface area contributed by atoms with Crippen molar-refractivity contribution in [3.8, 4) is 0 Å². The number of carbonyl (C=O) groups is 2. The number of benzene rings is 1. The molecule has 12 heteroatoms. The molecule has 0 unspecified atom stereocenters. The van der Waals surface area contributed by atoms with Crippen molar-refractivity contribution in [2.75, 3.05) is 36.4 Å². The predicted molar refractivity (Wildman–Crippen MR) is 95.2 cm³/mol. The maximum absolute atomic E-state index is 12.5. The standard InChI is InChI=1S/C14H12Cl4F3N3O2/c15-8-1-2-10(9(7-8)22-11(25)13(16,17)18)23-3-5-24(6-4-23)12(26)14(19,20)21/h1-2,7H,3-6H2,(H,22,25). The Labute approximate surface area is 166 Å². The zero-order valence-corrected chi connectivity index (χ0v) is 15.9. The van der Waals surface area contributed by atoms with Crippen molar-refractivity contribution in [3.05, 3.63) is 23.2 Å². The van der Waals surface area contributed by atoms with Crippen LogP contribution in [0.25, 0.3) is 0 Å². The number of hydrogen-bond donors (Lipinski definition) is 1. The molecule has 1 heterocycles. The Morgan fingerprint density at radius 3 is 2.12 bits per heavy atom. The summed E-state index contributed by atoms with van der Waals surface area (Å²) in [5.41, 5.74) is 0.723. The van der Waals surface area contributed by atoms with Gasteiger partial charge in [0.15, 0.2) is 0 Å². The highest BCUT2D eigenvalue weighted by Gasteiger charge is 2.43. The van der Waals surface area contributed by atoms with E-state index in [-0.39, 0.29) is 31.9 Å². The van der Waals surface area contributed by atoms with E-state index in [2.05, 4.69) is 5.32 Å². The smallest absolute Gasteiger partial charge is 0.366 e. The molecule has 0 atom stereocenters. The molecule has 0 spiro atoms. The average molecular weight is 453 g/mol. The van der Waals surface area contributed by atoms with Gasteiger partial charge in [-0.15, -0.1) is 0 Å². The van der Waals surface area contributed by atoms with Crippen molar-refractivity contribution in [2.24, 2.45) is 0 Å². The minimum Gasteiger partial charge on any atom is -0.366 e. The van der Waals surface area contributed by atoms with E-state index in [1.807, 2.05) is 0 Å². The highest BCUT2D eigenvalue weighted by molar-refractivity contribution is 6.76. The van der Waals surface area contributed by atoms with Crippen LogP contribution in [-0.4, -0.2) is 52.9 Å². The van der Waals surface area contributed by atoms with Crippen molar-refractivity contribution < 1.29 is 22.8 Å². The molecule has 144 valence electrons. The quantitative estimate of drug-likeness (QED) is 0.693. The molecular weight excluding hydrogens is 441 g/mol. The maximum Gasteiger partial charge on any atom is 0.471 e. The third kappa shape index (κ3) is 5.22. The molecule has 1 aliphatic rings. The van der Waals surface area contributed by atoms with Gasteiger partial charge in [-0.25, -0.2) is 0 Å². The lowest BCUT2D eigenvalue weighted by molar-refractivity contribution is -0.185. The van der Waals surface area contributed by atoms with Gasteiger partial charge < -0.3 is 15.1 Å². The van der Waals surface area contributed by atoms with Crippen molar-refractivity contribution in [3.63, 3.8) is 0 Å². The molecule has 26 heavy (non-hydrogen) atoms. The van der Waals surface area contributed by atoms with Crippen LogP contribution in [0.1, 0.15) is 0 Å². The van der Waals surface area contributed by atoms with Gasteiger partial charge in [-0.05, 0) is 18.2 Å². The van der Waals surface area contributed by atoms with Crippen molar-refractivity contribution in [2.45, 2.75) is 9.97 Å². The minimum atomic E-state index is -4.91. The van der Waals surface area contributed by atoms with Crippen LogP contribution in [-0.2, 0) is 9.59 Å². The van der Waals surface area contributed by atoms with Gasteiger partial charge in [0, 0.05) is 31.2 Å². The molecule has 0 radical (unpaired) electrons. The van der Waals surface area contributed by atoms with Crippen LogP contribution < -0.4 is 10.2 Å². The molecule has 1 fully saturated rings. The Bertz CT molecular complexity index is 702. The minimum absolute atomic E-state index is 0.125. The second kappa shape index (κ2) is 7.88. The van der Waals surface area contributed by atoms with Crippen LogP contribution in [0.3, 0.4) is 0 Å². The van der Waals surface area contributed by atoms with Gasteiger partial charge in [-0.1, -0.05) is 46.4 Å². The van der Waals surface area contributed by atoms with Gasteiger partial charge in [0.1, 0.15) is 0 Å². The first-order valence-electron chi connectivity index (χ1n) is 7.18. The van der Waals surface area contributed by atoms with E-state index < -0.39 is 21.8 Å². The normalized spacial score (nSPS) is 15.8. The number of piperazine rings is 1. The summed E-state index contributed by atoms with van der Waals surface area (Å²) >= 11 is 22.5. The summed E-state index contributed by atoms with van der Waals surface area (Å²) in [6.45, 7) is -0.00218. The molecule has 0 aromatic heterocycles. The highest BCUT2D eigenvalue weighted by Crippen LogP contribution is 2.33. The van der Waals surface area contributed by atoms with Crippen LogP contribution in [0.5, 0.6) is 0 Å². The topological polar surface area (TPSA) is 52.7 Å². The molecule has 0 bridgehead atoms. The van der Waals surface area contributed by atoms with E-state index in [4.69, 9.17) is 46.4 Å². The predicted octanol–water partition coefficient (Wildman–Crippen LogP) is 3.86. The Hall–Kier alpha value is -1.09. The first-order valence-corrected chi connectivity index (χ1v) is 8.69. The third-order valence-electron chi connectivity index (χ3n) is 3.61. The number of anilines is 2. The van der Waals surface area contributed by atoms with E-state index in [9.17, 15) is 22.8 Å². The fraction of sp³-hybridized carbons (Fsp3) is 0.429. The number of carbonyl (C=O) groups excluding carboxylic acids is 2. The molecule has 1 aromatic carbocycles. The van der Waals surface area contributed by atoms with Crippen molar-refractivity contribution in [1.29, 1.82) is 0 Å². The zero-order chi connectivity index (χ0) is 19.7. The summed E-state index contributed by atoms with van der Waals surface area (Å²) in [6, 6.07) is 4.56. The lowest BCUT2D eigenvalue weighted by Gasteiger charge is -2.37. The molecule has 2 rings (SSSR count). The summed E-state index contributed by atoms with van der Waals surface area (Å²) in [7, 11) is 0. The summed E-state index contributed by atoms with van der Waals surface area (Å²) < 4.78 is 35.3. The lowest BCUT2D eigenvalue weighted by Crippen LogP contribution is -2.52. The SMILES string of the molecule is O=C(N1CCN(c2ccc(Cl)cc2NC(=O)C(Cl)(Cl)Cl)CC1)C(F)(F)F. The average Bonchev–Trinajstić information content (AvgIpc) is 2.53. The van der Waals surface area contributed by atoms with Gasteiger partial charge in [0.25, 0.3) is 9.70 Å². The Morgan fingerprint density at radius 1 is 1.04 bits per heavy atom. The summed E-state index contributed by atoms with van der Waals surface area (Å²) in [6.07, 6.45) is -4.91. The molecular formula is C14H12Cl4F3N3O2. The number of hydrogen-bond acceptors (Lipinski definition) is 3. The van der Waals surface area contributed by atoms with Gasteiger partial charge >= 0.3 is 12.1 Å². The van der Waals surface area contributed by atoms with Crippen LogP contribution in [0, 0.1) is 0 Å². The fourth-order valence-electron chi connectivity index (χ4n) is 2.41. The lowest BCUT2D eigenvalue weighted by atomic mass is 10.2. The first kappa shape index (κ1) is 21.2. The monoisotopic (exact) mass is 451 g/mol. The summed E-state index contributed by atoms with van der Waals surface area (Å²) in [5, 5.41) is 2.73. The van der Waals surface area contributed by atoms with E-state index >= 15 is 0 Å². The number of amides is 2. The van der Waals surface area contributed by atoms with Crippen molar-refractivity contribution in [1.82, 2.24) is 4.90 Å². The second-order valence-electron chi connectivity index (χ2n) is 5.39. The molecule has 2 amide bonds. The molecule has 1 aromatic rings. The third-order valence-corrected chi connectivity index (χ3v) is 4.36. The summed E-state index contributed by atoms with van der Waals surface area (Å²) in [4.78, 5) is 25.6. The maximum atomic E-state index is 12.5. The highest BCUT2D eigenvalue weighted by atomic mass is 35.6. The largest absolute Gasteiger partial charge is 0.471 e. The van der Waals surface area contributed by atoms with E-state index in [1.54, 1.807) is 17.0 Å². The van der Waals surface area contributed by atoms with Crippen LogP contribution >= 0.6 is 46.4 Å². The Kier molecular flexibility index (Phi) is 6.43. The molecule has 1 saturated heterocycles. The molecule has 1 aliphatic heterocycles. The number of halogens is 7. The zero-order valence-electron chi connectivity index (χ0n) is 12.9. The molecule has 5 nitrogen and oxygen atoms in total. The van der Waals surface area contributed by atoms with Gasteiger partial charge in [0.05, 0.1) is 11.4 Å². The molecule has 0 aliphatic carbocycles. The second-order valence-corrected chi connectivity index (χ2v) is 8.11. The number of nitrogens with one attached hydrogen (secondary N) is 1. The van der Waals surface area contributed by atoms with Gasteiger partial charge in [-0.2, -0.15) is 13.2 Å². The number of nitrogens with zero attached hydrogens (tertiary/aromatic N) is 2. The summed E-state index contributed by atoms with van der Waals surface area (Å²) in [5.74, 6) is -2.78. The Morgan fingerprint density at radius 2 is 1.62 bits per heavy atom. The number of rotatable bonds is 2. The fourth-order valence-corrected chi connectivity index (χ4v) is 2.72. The van der Waals surface area contributed by atoms with Gasteiger partial charge in [0.2, 0.25) is 0 Å². The molecule has 0 saturated carbocycles. The van der Waals surface area contributed by atoms with E-state index in [0.29, 0.717) is 10.7 Å². The van der Waals surface area contributed by atoms with Crippen LogP contribution in [0.4, 0.5) is 24.5 Å². The first-order chi connectivity index (χ1) is 11.9. The van der Waals surface area contributed by atoms with Gasteiger partial charge in [-0.3, -0.25) is 9.59 Å².